The summed E-state index contributed by atoms with van der Waals surface area (Å²) in [5.41, 5.74) is 1.63. The smallest absolute Gasteiger partial charge is 0.306 e. The Morgan fingerprint density at radius 2 is 1.69 bits per heavy atom. The van der Waals surface area contributed by atoms with E-state index in [9.17, 15) is 19.5 Å². The van der Waals surface area contributed by atoms with Crippen molar-refractivity contribution in [2.45, 2.75) is 44.4 Å². The third-order valence-electron chi connectivity index (χ3n) is 6.16. The minimum atomic E-state index is -0.795. The number of aliphatic hydroxyl groups is 1. The van der Waals surface area contributed by atoms with E-state index in [4.69, 9.17) is 9.47 Å². The number of hydrogen-bond acceptors (Lipinski definition) is 6. The van der Waals surface area contributed by atoms with Crippen LogP contribution in [-0.4, -0.2) is 60.7 Å². The van der Waals surface area contributed by atoms with Crippen molar-refractivity contribution < 1.29 is 29.0 Å². The second-order valence-electron chi connectivity index (χ2n) is 9.17. The topological polar surface area (TPSA) is 105 Å². The van der Waals surface area contributed by atoms with Gasteiger partial charge in [0, 0.05) is 33.0 Å². The standard InChI is InChI=1S/C31H40N2O6/c1-4-6-18-29(36)39-30(25-16-11-8-12-17-25)27(23-38-3)32-31(37)26(13-5-2)21-28(35)33(19-20-34)22-24-14-9-7-10-15-24/h4-5,7-12,14-17,26-27,30,34H,1-2,6,13,18-23H2,3H3,(H,32,37). The SMILES string of the molecule is C=CCCC(=O)OC(c1ccccc1)C(COC)NC(=O)C(CC=C)CC(=O)N(CCO)Cc1ccccc1. The van der Waals surface area contributed by atoms with Crippen LogP contribution in [0.4, 0.5) is 0 Å². The Morgan fingerprint density at radius 3 is 2.28 bits per heavy atom. The largest absolute Gasteiger partial charge is 0.455 e. The molecule has 2 aromatic rings. The average Bonchev–Trinajstić information content (AvgIpc) is 2.95. The van der Waals surface area contributed by atoms with E-state index in [0.717, 1.165) is 5.56 Å². The molecule has 0 heterocycles. The number of esters is 1. The molecule has 2 amide bonds. The molecule has 3 unspecified atom stereocenters. The van der Waals surface area contributed by atoms with E-state index >= 15 is 0 Å². The van der Waals surface area contributed by atoms with Gasteiger partial charge < -0.3 is 24.8 Å². The maximum atomic E-state index is 13.5. The van der Waals surface area contributed by atoms with Crippen LogP contribution in [0.15, 0.2) is 86.0 Å². The zero-order valence-corrected chi connectivity index (χ0v) is 22.7. The Kier molecular flexibility index (Phi) is 14.3. The molecule has 39 heavy (non-hydrogen) atoms. The van der Waals surface area contributed by atoms with Crippen molar-refractivity contribution in [3.63, 3.8) is 0 Å². The fourth-order valence-corrected chi connectivity index (χ4v) is 4.17. The lowest BCUT2D eigenvalue weighted by atomic mass is 9.97. The summed E-state index contributed by atoms with van der Waals surface area (Å²) in [7, 11) is 1.50. The highest BCUT2D eigenvalue weighted by atomic mass is 16.5. The molecule has 2 rings (SSSR count). The van der Waals surface area contributed by atoms with E-state index in [2.05, 4.69) is 18.5 Å². The summed E-state index contributed by atoms with van der Waals surface area (Å²) in [6.07, 6.45) is 3.28. The first-order valence-corrected chi connectivity index (χ1v) is 13.1. The Hall–Kier alpha value is -3.75. The van der Waals surface area contributed by atoms with Gasteiger partial charge in [0.1, 0.15) is 6.10 Å². The lowest BCUT2D eigenvalue weighted by Crippen LogP contribution is -2.47. The number of aliphatic hydroxyl groups excluding tert-OH is 1. The quantitative estimate of drug-likeness (QED) is 0.221. The van der Waals surface area contributed by atoms with Gasteiger partial charge >= 0.3 is 5.97 Å². The van der Waals surface area contributed by atoms with Crippen LogP contribution in [0.1, 0.15) is 42.9 Å². The van der Waals surface area contributed by atoms with E-state index < -0.39 is 24.0 Å². The summed E-state index contributed by atoms with van der Waals surface area (Å²) >= 11 is 0. The van der Waals surface area contributed by atoms with Gasteiger partial charge in [-0.1, -0.05) is 72.8 Å². The first kappa shape index (κ1) is 31.5. The minimum Gasteiger partial charge on any atom is -0.455 e. The molecule has 0 spiro atoms. The van der Waals surface area contributed by atoms with Crippen LogP contribution < -0.4 is 5.32 Å². The van der Waals surface area contributed by atoms with Gasteiger partial charge in [0.15, 0.2) is 0 Å². The Morgan fingerprint density at radius 1 is 1.03 bits per heavy atom. The molecule has 0 aliphatic carbocycles. The molecule has 0 saturated carbocycles. The van der Waals surface area contributed by atoms with Crippen LogP contribution in [0, 0.1) is 5.92 Å². The summed E-state index contributed by atoms with van der Waals surface area (Å²) in [6, 6.07) is 17.9. The van der Waals surface area contributed by atoms with Crippen LogP contribution in [0.25, 0.3) is 0 Å². The summed E-state index contributed by atoms with van der Waals surface area (Å²) in [6.45, 7) is 7.77. The first-order chi connectivity index (χ1) is 18.9. The summed E-state index contributed by atoms with van der Waals surface area (Å²) in [4.78, 5) is 40.8. The van der Waals surface area contributed by atoms with Gasteiger partial charge in [0.05, 0.1) is 25.2 Å². The van der Waals surface area contributed by atoms with Gasteiger partial charge in [0.25, 0.3) is 0 Å². The number of ether oxygens (including phenoxy) is 2. The molecule has 0 bridgehead atoms. The van der Waals surface area contributed by atoms with Gasteiger partial charge in [0.2, 0.25) is 11.8 Å². The summed E-state index contributed by atoms with van der Waals surface area (Å²) < 4.78 is 11.2. The Bertz CT molecular complexity index is 1040. The van der Waals surface area contributed by atoms with Crippen LogP contribution in [-0.2, 0) is 30.4 Å². The van der Waals surface area contributed by atoms with Crippen molar-refractivity contribution in [1.82, 2.24) is 10.2 Å². The fourth-order valence-electron chi connectivity index (χ4n) is 4.17. The number of methoxy groups -OCH3 is 1. The van der Waals surface area contributed by atoms with Gasteiger partial charge in [-0.25, -0.2) is 0 Å². The number of rotatable bonds is 18. The third kappa shape index (κ3) is 10.9. The van der Waals surface area contributed by atoms with Crippen LogP contribution in [0.5, 0.6) is 0 Å². The van der Waals surface area contributed by atoms with E-state index in [0.29, 0.717) is 18.5 Å². The van der Waals surface area contributed by atoms with Crippen LogP contribution in [0.2, 0.25) is 0 Å². The minimum absolute atomic E-state index is 0.0699. The van der Waals surface area contributed by atoms with Crippen LogP contribution in [0.3, 0.4) is 0 Å². The molecule has 8 nitrogen and oxygen atoms in total. The average molecular weight is 537 g/mol. The number of benzene rings is 2. The number of amides is 2. The predicted molar refractivity (Wildman–Crippen MR) is 150 cm³/mol. The van der Waals surface area contributed by atoms with Crippen molar-refractivity contribution in [3.05, 3.63) is 97.1 Å². The molecule has 2 aromatic carbocycles. The zero-order chi connectivity index (χ0) is 28.5. The molecule has 2 N–H and O–H groups in total. The molecular formula is C31H40N2O6. The second-order valence-corrected chi connectivity index (χ2v) is 9.17. The Balaban J connectivity index is 2.22. The highest BCUT2D eigenvalue weighted by Gasteiger charge is 2.32. The zero-order valence-electron chi connectivity index (χ0n) is 22.7. The number of nitrogens with zero attached hydrogens (tertiary/aromatic N) is 1. The second kappa shape index (κ2) is 17.7. The van der Waals surface area contributed by atoms with Gasteiger partial charge in [-0.3, -0.25) is 14.4 Å². The molecule has 3 atom stereocenters. The van der Waals surface area contributed by atoms with Gasteiger partial charge in [-0.2, -0.15) is 0 Å². The molecule has 0 radical (unpaired) electrons. The molecule has 0 aliphatic heterocycles. The van der Waals surface area contributed by atoms with Crippen molar-refractivity contribution in [1.29, 1.82) is 0 Å². The number of carbonyl (C=O) groups excluding carboxylic acids is 3. The summed E-state index contributed by atoms with van der Waals surface area (Å²) in [5.74, 6) is -1.76. The monoisotopic (exact) mass is 536 g/mol. The van der Waals surface area contributed by atoms with Gasteiger partial charge in [-0.15, -0.1) is 13.2 Å². The van der Waals surface area contributed by atoms with Crippen molar-refractivity contribution in [2.24, 2.45) is 5.92 Å². The number of nitrogens with one attached hydrogen (secondary N) is 1. The van der Waals surface area contributed by atoms with E-state index in [1.54, 1.807) is 17.1 Å². The number of carbonyl (C=O) groups is 3. The third-order valence-corrected chi connectivity index (χ3v) is 6.16. The number of hydrogen-bond donors (Lipinski definition) is 2. The molecule has 0 aliphatic rings. The number of allylic oxidation sites excluding steroid dienone is 2. The Labute approximate surface area is 231 Å². The van der Waals surface area contributed by atoms with Crippen molar-refractivity contribution in [2.75, 3.05) is 26.9 Å². The van der Waals surface area contributed by atoms with Crippen molar-refractivity contribution in [3.8, 4) is 0 Å². The highest BCUT2D eigenvalue weighted by Crippen LogP contribution is 2.24. The molecule has 0 fully saturated rings. The van der Waals surface area contributed by atoms with Crippen LogP contribution >= 0.6 is 0 Å². The highest BCUT2D eigenvalue weighted by molar-refractivity contribution is 5.86. The van der Waals surface area contributed by atoms with Gasteiger partial charge in [-0.05, 0) is 24.0 Å². The van der Waals surface area contributed by atoms with E-state index in [1.807, 2.05) is 60.7 Å². The molecule has 0 saturated heterocycles. The summed E-state index contributed by atoms with van der Waals surface area (Å²) in [5, 5.41) is 12.5. The fraction of sp³-hybridized carbons (Fsp3) is 0.387. The van der Waals surface area contributed by atoms with Crippen molar-refractivity contribution >= 4 is 17.8 Å². The molecule has 0 aromatic heterocycles. The van der Waals surface area contributed by atoms with E-state index in [1.165, 1.54) is 7.11 Å². The lowest BCUT2D eigenvalue weighted by molar-refractivity contribution is -0.153. The first-order valence-electron chi connectivity index (χ1n) is 13.1. The maximum Gasteiger partial charge on any atom is 0.306 e. The van der Waals surface area contributed by atoms with E-state index in [-0.39, 0.29) is 50.8 Å². The maximum absolute atomic E-state index is 13.5. The lowest BCUT2D eigenvalue weighted by Gasteiger charge is -2.30. The molecule has 8 heteroatoms. The predicted octanol–water partition coefficient (Wildman–Crippen LogP) is 3.97. The molecular weight excluding hydrogens is 496 g/mol. The normalized spacial score (nSPS) is 13.0. The molecule has 210 valence electrons.